The third kappa shape index (κ3) is 7.62. The Morgan fingerprint density at radius 2 is 1.62 bits per heavy atom. The highest BCUT2D eigenvalue weighted by molar-refractivity contribution is 6.30. The van der Waals surface area contributed by atoms with Gasteiger partial charge in [0.1, 0.15) is 6.04 Å². The lowest BCUT2D eigenvalue weighted by molar-refractivity contribution is -0.126. The molecule has 250 valence electrons. The molecule has 0 saturated carbocycles. The van der Waals surface area contributed by atoms with E-state index < -0.39 is 17.1 Å². The van der Waals surface area contributed by atoms with Crippen LogP contribution in [0.4, 0.5) is 0 Å². The van der Waals surface area contributed by atoms with Gasteiger partial charge in [0.15, 0.2) is 0 Å². The van der Waals surface area contributed by atoms with Crippen LogP contribution in [0.25, 0.3) is 0 Å². The quantitative estimate of drug-likeness (QED) is 0.204. The van der Waals surface area contributed by atoms with Gasteiger partial charge in [0, 0.05) is 55.4 Å². The van der Waals surface area contributed by atoms with E-state index in [4.69, 9.17) is 16.6 Å². The Hall–Kier alpha value is -4.11. The molecule has 2 aliphatic heterocycles. The van der Waals surface area contributed by atoms with Crippen molar-refractivity contribution in [2.75, 3.05) is 32.7 Å². The second kappa shape index (κ2) is 15.4. The van der Waals surface area contributed by atoms with Gasteiger partial charge in [-0.25, -0.2) is 0 Å². The van der Waals surface area contributed by atoms with E-state index in [2.05, 4.69) is 27.3 Å². The molecule has 2 aromatic carbocycles. The van der Waals surface area contributed by atoms with Crippen molar-refractivity contribution in [1.29, 1.82) is 0 Å². The highest BCUT2D eigenvalue weighted by Gasteiger charge is 2.39. The lowest BCUT2D eigenvalue weighted by atomic mass is 9.73. The third-order valence-electron chi connectivity index (χ3n) is 10.2. The summed E-state index contributed by atoms with van der Waals surface area (Å²) in [4.78, 5) is 40.5. The Labute approximate surface area is 288 Å². The van der Waals surface area contributed by atoms with Crippen molar-refractivity contribution in [3.05, 3.63) is 131 Å². The Morgan fingerprint density at radius 1 is 0.896 bits per heavy atom. The molecule has 2 N–H and O–H groups in total. The zero-order valence-electron chi connectivity index (χ0n) is 27.3. The van der Waals surface area contributed by atoms with E-state index in [0.29, 0.717) is 42.9 Å². The number of nitrogens with zero attached hydrogens (tertiary/aromatic N) is 4. The third-order valence-corrected chi connectivity index (χ3v) is 10.4. The number of hydrogen-bond acceptors (Lipinski definition) is 6. The maximum Gasteiger partial charge on any atom is 0.254 e. The SMILES string of the molecule is O=C(NCC(CCCN1CCC(O)(c2ccc(Cl)cc2)CC1)(c1ccccc1)c1ccccn1)C1CCCCN1C(=O)c1ccncc1. The molecule has 4 heterocycles. The van der Waals surface area contributed by atoms with Crippen molar-refractivity contribution in [3.63, 3.8) is 0 Å². The molecular weight excluding hydrogens is 622 g/mol. The Kier molecular flexibility index (Phi) is 10.8. The van der Waals surface area contributed by atoms with Crippen LogP contribution < -0.4 is 5.32 Å². The minimum absolute atomic E-state index is 0.133. The Morgan fingerprint density at radius 3 is 2.33 bits per heavy atom. The van der Waals surface area contributed by atoms with E-state index in [1.807, 2.05) is 66.9 Å². The van der Waals surface area contributed by atoms with Crippen LogP contribution in [0.2, 0.25) is 5.02 Å². The number of rotatable bonds is 11. The Balaban J connectivity index is 1.18. The molecule has 2 aliphatic rings. The van der Waals surface area contributed by atoms with Crippen LogP contribution in [-0.4, -0.2) is 75.5 Å². The number of benzene rings is 2. The van der Waals surface area contributed by atoms with Gasteiger partial charge >= 0.3 is 0 Å². The van der Waals surface area contributed by atoms with Crippen LogP contribution in [0, 0.1) is 0 Å². The molecule has 9 heteroatoms. The van der Waals surface area contributed by atoms with E-state index in [1.165, 1.54) is 0 Å². The van der Waals surface area contributed by atoms with E-state index in [-0.39, 0.29) is 11.8 Å². The van der Waals surface area contributed by atoms with E-state index in [0.717, 1.165) is 62.1 Å². The van der Waals surface area contributed by atoms with Gasteiger partial charge in [-0.15, -0.1) is 0 Å². The van der Waals surface area contributed by atoms with Crippen LogP contribution in [0.5, 0.6) is 0 Å². The Bertz CT molecular complexity index is 1590. The maximum atomic E-state index is 14.0. The summed E-state index contributed by atoms with van der Waals surface area (Å²) in [6.45, 7) is 3.35. The standard InChI is InChI=1S/C39H44ClN5O3/c40-33-15-13-32(14-16-33)39(48)20-27-44(28-21-39)25-8-19-38(31-9-2-1-3-10-31,35-12-4-6-22-42-35)29-43-36(46)34-11-5-7-26-45(34)37(47)30-17-23-41-24-18-30/h1-4,6,9-10,12-18,22-24,34,48H,5,7-8,11,19-21,25-29H2,(H,43,46). The molecule has 48 heavy (non-hydrogen) atoms. The molecule has 2 unspecified atom stereocenters. The molecule has 0 radical (unpaired) electrons. The molecule has 8 nitrogen and oxygen atoms in total. The van der Waals surface area contributed by atoms with Gasteiger partial charge in [-0.1, -0.05) is 60.1 Å². The molecule has 2 saturated heterocycles. The van der Waals surface area contributed by atoms with Gasteiger partial charge in [0.05, 0.1) is 16.7 Å². The molecular formula is C39H44ClN5O3. The van der Waals surface area contributed by atoms with Crippen LogP contribution in [0.15, 0.2) is 104 Å². The number of amides is 2. The van der Waals surface area contributed by atoms with Gasteiger partial charge in [-0.2, -0.15) is 0 Å². The molecule has 0 bridgehead atoms. The number of piperidine rings is 2. The predicted octanol–water partition coefficient (Wildman–Crippen LogP) is 5.99. The zero-order valence-corrected chi connectivity index (χ0v) is 28.1. The summed E-state index contributed by atoms with van der Waals surface area (Å²) in [7, 11) is 0. The van der Waals surface area contributed by atoms with Crippen molar-refractivity contribution in [3.8, 4) is 0 Å². The predicted molar refractivity (Wildman–Crippen MR) is 188 cm³/mol. The molecule has 2 fully saturated rings. The fraction of sp³-hybridized carbons (Fsp3) is 0.385. The summed E-state index contributed by atoms with van der Waals surface area (Å²) < 4.78 is 0. The smallest absolute Gasteiger partial charge is 0.254 e. The van der Waals surface area contributed by atoms with Crippen LogP contribution >= 0.6 is 11.6 Å². The summed E-state index contributed by atoms with van der Waals surface area (Å²) in [5.41, 5.74) is 2.03. The van der Waals surface area contributed by atoms with E-state index in [1.54, 1.807) is 29.4 Å². The van der Waals surface area contributed by atoms with Gasteiger partial charge in [-0.05, 0) is 99.0 Å². The monoisotopic (exact) mass is 665 g/mol. The van der Waals surface area contributed by atoms with Crippen LogP contribution in [0.1, 0.15) is 72.1 Å². The van der Waals surface area contributed by atoms with Crippen LogP contribution in [-0.2, 0) is 15.8 Å². The molecule has 6 rings (SSSR count). The molecule has 0 aliphatic carbocycles. The summed E-state index contributed by atoms with van der Waals surface area (Å²) >= 11 is 6.09. The van der Waals surface area contributed by atoms with Crippen molar-refractivity contribution in [2.45, 2.75) is 62.0 Å². The maximum absolute atomic E-state index is 14.0. The number of likely N-dealkylation sites (tertiary alicyclic amines) is 2. The zero-order chi connectivity index (χ0) is 33.4. The van der Waals surface area contributed by atoms with E-state index >= 15 is 0 Å². The lowest BCUT2D eigenvalue weighted by Crippen LogP contribution is -2.54. The number of aromatic nitrogens is 2. The first-order chi connectivity index (χ1) is 23.4. The normalized spacial score (nSPS) is 19.3. The number of carbonyl (C=O) groups excluding carboxylic acids is 2. The van der Waals surface area contributed by atoms with Crippen molar-refractivity contribution < 1.29 is 14.7 Å². The van der Waals surface area contributed by atoms with Crippen molar-refractivity contribution in [1.82, 2.24) is 25.1 Å². The number of carbonyl (C=O) groups is 2. The highest BCUT2D eigenvalue weighted by Crippen LogP contribution is 2.37. The first-order valence-corrected chi connectivity index (χ1v) is 17.4. The number of halogens is 1. The molecule has 2 aromatic heterocycles. The summed E-state index contributed by atoms with van der Waals surface area (Å²) in [6, 6.07) is 26.7. The molecule has 2 amide bonds. The topological polar surface area (TPSA) is 98.7 Å². The average molecular weight is 666 g/mol. The number of aliphatic hydroxyl groups is 1. The highest BCUT2D eigenvalue weighted by atomic mass is 35.5. The van der Waals surface area contributed by atoms with Gasteiger partial charge in [0.2, 0.25) is 5.91 Å². The number of pyridine rings is 2. The number of nitrogens with one attached hydrogen (secondary N) is 1. The van der Waals surface area contributed by atoms with Gasteiger partial charge in [-0.3, -0.25) is 19.6 Å². The largest absolute Gasteiger partial charge is 0.385 e. The first kappa shape index (κ1) is 33.8. The lowest BCUT2D eigenvalue weighted by Gasteiger charge is -2.40. The minimum Gasteiger partial charge on any atom is -0.385 e. The second-order valence-corrected chi connectivity index (χ2v) is 13.5. The van der Waals surface area contributed by atoms with Crippen molar-refractivity contribution in [2.24, 2.45) is 0 Å². The van der Waals surface area contributed by atoms with Gasteiger partial charge in [0.25, 0.3) is 5.91 Å². The second-order valence-electron chi connectivity index (χ2n) is 13.1. The first-order valence-electron chi connectivity index (χ1n) is 17.0. The van der Waals surface area contributed by atoms with E-state index in [9.17, 15) is 14.7 Å². The molecule has 2 atom stereocenters. The van der Waals surface area contributed by atoms with Crippen molar-refractivity contribution >= 4 is 23.4 Å². The molecule has 0 spiro atoms. The summed E-state index contributed by atoms with van der Waals surface area (Å²) in [6.07, 6.45) is 10.4. The molecule has 4 aromatic rings. The fourth-order valence-electron chi connectivity index (χ4n) is 7.37. The average Bonchev–Trinajstić information content (AvgIpc) is 3.15. The summed E-state index contributed by atoms with van der Waals surface area (Å²) in [5, 5.41) is 15.4. The fourth-order valence-corrected chi connectivity index (χ4v) is 7.49. The number of hydrogen-bond donors (Lipinski definition) is 2. The van der Waals surface area contributed by atoms with Crippen LogP contribution in [0.3, 0.4) is 0 Å². The minimum atomic E-state index is -0.848. The van der Waals surface area contributed by atoms with Gasteiger partial charge < -0.3 is 20.2 Å². The summed E-state index contributed by atoms with van der Waals surface area (Å²) in [5.74, 6) is -0.272.